The second-order valence-corrected chi connectivity index (χ2v) is 5.65. The summed E-state index contributed by atoms with van der Waals surface area (Å²) in [5.41, 5.74) is 1.03. The van der Waals surface area contributed by atoms with Crippen molar-refractivity contribution in [2.45, 2.75) is 37.6 Å². The van der Waals surface area contributed by atoms with Crippen LogP contribution in [0.1, 0.15) is 37.2 Å². The summed E-state index contributed by atoms with van der Waals surface area (Å²) in [6.07, 6.45) is 1.72. The first-order valence-electron chi connectivity index (χ1n) is 7.48. The Bertz CT molecular complexity index is 614. The van der Waals surface area contributed by atoms with Crippen LogP contribution in [0, 0.1) is 0 Å². The number of ether oxygens (including phenoxy) is 1. The van der Waals surface area contributed by atoms with E-state index in [4.69, 9.17) is 4.74 Å². The van der Waals surface area contributed by atoms with Crippen LogP contribution in [0.2, 0.25) is 0 Å². The van der Waals surface area contributed by atoms with Gasteiger partial charge in [0.1, 0.15) is 11.8 Å². The molecule has 6 nitrogen and oxygen atoms in total. The molecule has 2 aliphatic rings. The van der Waals surface area contributed by atoms with Gasteiger partial charge in [-0.2, -0.15) is 0 Å². The summed E-state index contributed by atoms with van der Waals surface area (Å²) >= 11 is 0. The first-order chi connectivity index (χ1) is 10.6. The molecule has 2 atom stereocenters. The van der Waals surface area contributed by atoms with Gasteiger partial charge in [-0.1, -0.05) is 18.2 Å². The van der Waals surface area contributed by atoms with Gasteiger partial charge in [0, 0.05) is 12.8 Å². The zero-order valence-electron chi connectivity index (χ0n) is 12.1. The fourth-order valence-corrected chi connectivity index (χ4v) is 2.94. The van der Waals surface area contributed by atoms with E-state index in [-0.39, 0.29) is 24.2 Å². The minimum Gasteiger partial charge on any atom is -0.493 e. The van der Waals surface area contributed by atoms with Gasteiger partial charge < -0.3 is 10.1 Å². The summed E-state index contributed by atoms with van der Waals surface area (Å²) in [7, 11) is 0. The van der Waals surface area contributed by atoms with E-state index in [0.29, 0.717) is 19.4 Å². The van der Waals surface area contributed by atoms with Crippen molar-refractivity contribution in [3.8, 4) is 5.75 Å². The van der Waals surface area contributed by atoms with Crippen molar-refractivity contribution in [2.75, 3.05) is 6.61 Å². The van der Waals surface area contributed by atoms with E-state index in [2.05, 4.69) is 10.6 Å². The van der Waals surface area contributed by atoms with Crippen LogP contribution in [0.3, 0.4) is 0 Å². The second kappa shape index (κ2) is 6.17. The second-order valence-electron chi connectivity index (χ2n) is 5.65. The van der Waals surface area contributed by atoms with Crippen LogP contribution in [0.15, 0.2) is 24.3 Å². The third-order valence-corrected chi connectivity index (χ3v) is 4.09. The molecule has 0 bridgehead atoms. The van der Waals surface area contributed by atoms with E-state index < -0.39 is 11.9 Å². The fourth-order valence-electron chi connectivity index (χ4n) is 2.94. The van der Waals surface area contributed by atoms with Crippen LogP contribution in [-0.4, -0.2) is 30.4 Å². The molecule has 116 valence electrons. The lowest BCUT2D eigenvalue weighted by Gasteiger charge is -2.27. The van der Waals surface area contributed by atoms with Crippen molar-refractivity contribution < 1.29 is 19.1 Å². The van der Waals surface area contributed by atoms with Crippen LogP contribution in [0.4, 0.5) is 0 Å². The molecular formula is C16H18N2O4. The summed E-state index contributed by atoms with van der Waals surface area (Å²) < 4.78 is 5.58. The number of carbonyl (C=O) groups excluding carboxylic acids is 3. The minimum atomic E-state index is -0.611. The average Bonchev–Trinajstić information content (AvgIpc) is 2.50. The van der Waals surface area contributed by atoms with Crippen LogP contribution >= 0.6 is 0 Å². The molecule has 2 aliphatic heterocycles. The molecule has 3 amide bonds. The Morgan fingerprint density at radius 2 is 2.09 bits per heavy atom. The topological polar surface area (TPSA) is 84.5 Å². The lowest BCUT2D eigenvalue weighted by Crippen LogP contribution is -2.52. The van der Waals surface area contributed by atoms with E-state index in [1.165, 1.54) is 0 Å². The van der Waals surface area contributed by atoms with Crippen LogP contribution in [0.5, 0.6) is 5.75 Å². The van der Waals surface area contributed by atoms with Gasteiger partial charge in [0.15, 0.2) is 0 Å². The molecular weight excluding hydrogens is 284 g/mol. The summed E-state index contributed by atoms with van der Waals surface area (Å²) in [4.78, 5) is 35.0. The predicted octanol–water partition coefficient (Wildman–Crippen LogP) is 0.864. The first-order valence-corrected chi connectivity index (χ1v) is 7.48. The molecule has 0 aliphatic carbocycles. The molecule has 22 heavy (non-hydrogen) atoms. The minimum absolute atomic E-state index is 0.0956. The SMILES string of the molecule is O=C1CCC(NC(=O)CC2CCOc3ccccc32)C(=O)N1. The number of hydrogen-bond acceptors (Lipinski definition) is 4. The van der Waals surface area contributed by atoms with Crippen molar-refractivity contribution in [3.05, 3.63) is 29.8 Å². The standard InChI is InChI=1S/C16H18N2O4/c19-14-6-5-12(16(21)18-14)17-15(20)9-10-7-8-22-13-4-2-1-3-11(10)13/h1-4,10,12H,5-9H2,(H,17,20)(H,18,19,21). The van der Waals surface area contributed by atoms with Gasteiger partial charge in [-0.3, -0.25) is 19.7 Å². The highest BCUT2D eigenvalue weighted by Gasteiger charge is 2.29. The molecule has 0 saturated carbocycles. The molecule has 1 aromatic carbocycles. The Morgan fingerprint density at radius 1 is 1.27 bits per heavy atom. The maximum absolute atomic E-state index is 12.2. The van der Waals surface area contributed by atoms with Crippen LogP contribution in [0.25, 0.3) is 0 Å². The number of benzene rings is 1. The van der Waals surface area contributed by atoms with Crippen LogP contribution < -0.4 is 15.4 Å². The van der Waals surface area contributed by atoms with Gasteiger partial charge in [-0.25, -0.2) is 0 Å². The van der Waals surface area contributed by atoms with Gasteiger partial charge in [0.2, 0.25) is 17.7 Å². The van der Waals surface area contributed by atoms with Crippen molar-refractivity contribution in [1.82, 2.24) is 10.6 Å². The highest BCUT2D eigenvalue weighted by Crippen LogP contribution is 2.35. The van der Waals surface area contributed by atoms with E-state index >= 15 is 0 Å². The predicted molar refractivity (Wildman–Crippen MR) is 78.2 cm³/mol. The Balaban J connectivity index is 1.61. The zero-order valence-corrected chi connectivity index (χ0v) is 12.1. The maximum atomic E-state index is 12.2. The highest BCUT2D eigenvalue weighted by molar-refractivity contribution is 6.01. The number of nitrogens with one attached hydrogen (secondary N) is 2. The number of carbonyl (C=O) groups is 3. The molecule has 1 aromatic rings. The molecule has 0 aromatic heterocycles. The Hall–Kier alpha value is -2.37. The molecule has 2 N–H and O–H groups in total. The molecule has 0 radical (unpaired) electrons. The van der Waals surface area contributed by atoms with Gasteiger partial charge >= 0.3 is 0 Å². The molecule has 2 unspecified atom stereocenters. The first kappa shape index (κ1) is 14.6. The fraction of sp³-hybridized carbons (Fsp3) is 0.438. The lowest BCUT2D eigenvalue weighted by molar-refractivity contribution is -0.137. The number of amides is 3. The molecule has 3 rings (SSSR count). The van der Waals surface area contributed by atoms with Crippen LogP contribution in [-0.2, 0) is 14.4 Å². The maximum Gasteiger partial charge on any atom is 0.249 e. The smallest absolute Gasteiger partial charge is 0.249 e. The van der Waals surface area contributed by atoms with E-state index in [1.54, 1.807) is 0 Å². The van der Waals surface area contributed by atoms with Crippen molar-refractivity contribution in [1.29, 1.82) is 0 Å². The van der Waals surface area contributed by atoms with E-state index in [1.807, 2.05) is 24.3 Å². The van der Waals surface area contributed by atoms with Gasteiger partial charge in [-0.15, -0.1) is 0 Å². The molecule has 1 fully saturated rings. The third kappa shape index (κ3) is 3.10. The zero-order chi connectivity index (χ0) is 15.5. The number of fused-ring (bicyclic) bond motifs is 1. The summed E-state index contributed by atoms with van der Waals surface area (Å²) in [5, 5.41) is 4.96. The number of rotatable bonds is 3. The Labute approximate surface area is 128 Å². The average molecular weight is 302 g/mol. The number of para-hydroxylation sites is 1. The van der Waals surface area contributed by atoms with E-state index in [9.17, 15) is 14.4 Å². The molecule has 1 saturated heterocycles. The number of hydrogen-bond donors (Lipinski definition) is 2. The summed E-state index contributed by atoms with van der Waals surface area (Å²) in [6, 6.07) is 7.10. The molecule has 0 spiro atoms. The molecule has 6 heteroatoms. The van der Waals surface area contributed by atoms with Crippen molar-refractivity contribution >= 4 is 17.7 Å². The van der Waals surface area contributed by atoms with Gasteiger partial charge in [0.05, 0.1) is 6.61 Å². The van der Waals surface area contributed by atoms with Crippen molar-refractivity contribution in [2.24, 2.45) is 0 Å². The largest absolute Gasteiger partial charge is 0.493 e. The summed E-state index contributed by atoms with van der Waals surface area (Å²) in [6.45, 7) is 0.591. The Morgan fingerprint density at radius 3 is 2.91 bits per heavy atom. The molecule has 2 heterocycles. The normalized spacial score (nSPS) is 24.0. The van der Waals surface area contributed by atoms with Crippen molar-refractivity contribution in [3.63, 3.8) is 0 Å². The van der Waals surface area contributed by atoms with E-state index in [0.717, 1.165) is 17.7 Å². The lowest BCUT2D eigenvalue weighted by atomic mass is 9.90. The Kier molecular flexibility index (Phi) is 4.09. The van der Waals surface area contributed by atoms with Gasteiger partial charge in [-0.05, 0) is 30.4 Å². The van der Waals surface area contributed by atoms with Gasteiger partial charge in [0.25, 0.3) is 0 Å². The quantitative estimate of drug-likeness (QED) is 0.811. The summed E-state index contributed by atoms with van der Waals surface area (Å²) in [5.74, 6) is 0.0489. The third-order valence-electron chi connectivity index (χ3n) is 4.09. The highest BCUT2D eigenvalue weighted by atomic mass is 16.5. The number of piperidine rings is 1. The monoisotopic (exact) mass is 302 g/mol. The number of imide groups is 1.